The summed E-state index contributed by atoms with van der Waals surface area (Å²) in [6.07, 6.45) is 3.20. The molecular weight excluding hydrogens is 248 g/mol. The van der Waals surface area contributed by atoms with Crippen molar-refractivity contribution < 1.29 is 4.42 Å². The minimum Gasteiger partial charge on any atom is -0.423 e. The second-order valence-corrected chi connectivity index (χ2v) is 5.81. The Bertz CT molecular complexity index is 639. The van der Waals surface area contributed by atoms with Crippen molar-refractivity contribution in [3.05, 3.63) is 45.8 Å². The highest BCUT2D eigenvalue weighted by molar-refractivity contribution is 5.77. The van der Waals surface area contributed by atoms with Gasteiger partial charge in [0.1, 0.15) is 5.58 Å². The van der Waals surface area contributed by atoms with E-state index in [2.05, 4.69) is 26.8 Å². The van der Waals surface area contributed by atoms with E-state index in [4.69, 9.17) is 4.42 Å². The Kier molecular flexibility index (Phi) is 4.64. The van der Waals surface area contributed by atoms with Gasteiger partial charge in [-0.05, 0) is 42.9 Å². The van der Waals surface area contributed by atoms with Crippen LogP contribution in [-0.2, 0) is 0 Å². The van der Waals surface area contributed by atoms with Gasteiger partial charge in [-0.3, -0.25) is 0 Å². The molecule has 0 bridgehead atoms. The van der Waals surface area contributed by atoms with E-state index in [-0.39, 0.29) is 5.63 Å². The average molecular weight is 272 g/mol. The molecule has 2 aromatic rings. The van der Waals surface area contributed by atoms with Crippen LogP contribution in [0.1, 0.15) is 57.1 Å². The number of fused-ring (bicyclic) bond motifs is 1. The number of hydrogen-bond acceptors (Lipinski definition) is 2. The average Bonchev–Trinajstić information content (AvgIpc) is 2.43. The van der Waals surface area contributed by atoms with Crippen LogP contribution in [0.3, 0.4) is 0 Å². The van der Waals surface area contributed by atoms with Gasteiger partial charge in [-0.25, -0.2) is 4.79 Å². The van der Waals surface area contributed by atoms with Crippen molar-refractivity contribution in [1.29, 1.82) is 0 Å². The van der Waals surface area contributed by atoms with Crippen LogP contribution in [0.15, 0.2) is 33.5 Å². The van der Waals surface area contributed by atoms with E-state index in [1.54, 1.807) is 0 Å². The highest BCUT2D eigenvalue weighted by atomic mass is 16.4. The van der Waals surface area contributed by atoms with E-state index in [0.29, 0.717) is 17.4 Å². The fourth-order valence-electron chi connectivity index (χ4n) is 2.83. The molecule has 2 heteroatoms. The first-order chi connectivity index (χ1) is 9.56. The highest BCUT2D eigenvalue weighted by Gasteiger charge is 2.21. The van der Waals surface area contributed by atoms with Crippen molar-refractivity contribution in [1.82, 2.24) is 0 Å². The van der Waals surface area contributed by atoms with Gasteiger partial charge in [0.05, 0.1) is 0 Å². The molecule has 0 N–H and O–H groups in total. The monoisotopic (exact) mass is 272 g/mol. The van der Waals surface area contributed by atoms with Crippen LogP contribution < -0.4 is 5.63 Å². The number of aryl methyl sites for hydroxylation is 1. The van der Waals surface area contributed by atoms with Gasteiger partial charge in [-0.1, -0.05) is 45.7 Å². The standard InChI is InChI=1S/C18H24O2/c1-5-7-15(13(4)6-2)16-11-14-9-8-12(3)10-17(14)20-18(16)19/h8-11,13,15H,5-7H2,1-4H3. The predicted molar refractivity (Wildman–Crippen MR) is 84.3 cm³/mol. The molecule has 1 aromatic carbocycles. The minimum atomic E-state index is -0.165. The summed E-state index contributed by atoms with van der Waals surface area (Å²) in [6.45, 7) is 8.58. The molecule has 0 amide bonds. The van der Waals surface area contributed by atoms with Crippen LogP contribution in [0.25, 0.3) is 11.0 Å². The lowest BCUT2D eigenvalue weighted by Crippen LogP contribution is -2.18. The Morgan fingerprint density at radius 2 is 1.95 bits per heavy atom. The summed E-state index contributed by atoms with van der Waals surface area (Å²) >= 11 is 0. The molecule has 0 saturated heterocycles. The Balaban J connectivity index is 2.54. The SMILES string of the molecule is CCCC(c1cc2ccc(C)cc2oc1=O)C(C)CC. The molecule has 1 aromatic heterocycles. The van der Waals surface area contributed by atoms with Gasteiger partial charge in [0, 0.05) is 10.9 Å². The summed E-state index contributed by atoms with van der Waals surface area (Å²) in [5.41, 5.74) is 2.48. The zero-order chi connectivity index (χ0) is 14.7. The molecule has 2 atom stereocenters. The third-order valence-corrected chi connectivity index (χ3v) is 4.25. The smallest absolute Gasteiger partial charge is 0.339 e. The third-order valence-electron chi connectivity index (χ3n) is 4.25. The molecule has 0 saturated carbocycles. The molecule has 0 aliphatic carbocycles. The van der Waals surface area contributed by atoms with Gasteiger partial charge in [-0.15, -0.1) is 0 Å². The topological polar surface area (TPSA) is 30.2 Å². The third kappa shape index (κ3) is 2.95. The van der Waals surface area contributed by atoms with Crippen molar-refractivity contribution in [2.24, 2.45) is 5.92 Å². The van der Waals surface area contributed by atoms with Crippen molar-refractivity contribution >= 4 is 11.0 Å². The zero-order valence-corrected chi connectivity index (χ0v) is 12.9. The molecular formula is C18H24O2. The zero-order valence-electron chi connectivity index (χ0n) is 12.9. The van der Waals surface area contributed by atoms with Gasteiger partial charge in [0.15, 0.2) is 0 Å². The van der Waals surface area contributed by atoms with Gasteiger partial charge < -0.3 is 4.42 Å². The van der Waals surface area contributed by atoms with Gasteiger partial charge >= 0.3 is 5.63 Å². The largest absolute Gasteiger partial charge is 0.423 e. The van der Waals surface area contributed by atoms with Crippen LogP contribution in [0, 0.1) is 12.8 Å². The predicted octanol–water partition coefficient (Wildman–Crippen LogP) is 5.03. The first-order valence-corrected chi connectivity index (χ1v) is 7.61. The van der Waals surface area contributed by atoms with Gasteiger partial charge in [-0.2, -0.15) is 0 Å². The van der Waals surface area contributed by atoms with Crippen molar-refractivity contribution in [2.45, 2.75) is 52.9 Å². The minimum absolute atomic E-state index is 0.165. The van der Waals surface area contributed by atoms with Crippen molar-refractivity contribution in [2.75, 3.05) is 0 Å². The summed E-state index contributed by atoms with van der Waals surface area (Å²) in [5, 5.41) is 1.02. The molecule has 20 heavy (non-hydrogen) atoms. The summed E-state index contributed by atoms with van der Waals surface area (Å²) < 4.78 is 5.54. The van der Waals surface area contributed by atoms with Crippen molar-refractivity contribution in [3.63, 3.8) is 0 Å². The normalized spacial score (nSPS) is 14.4. The van der Waals surface area contributed by atoms with Gasteiger partial charge in [0.2, 0.25) is 0 Å². The second-order valence-electron chi connectivity index (χ2n) is 5.81. The maximum absolute atomic E-state index is 12.3. The molecule has 0 aliphatic rings. The first kappa shape index (κ1) is 14.8. The lowest BCUT2D eigenvalue weighted by atomic mass is 9.83. The molecule has 2 unspecified atom stereocenters. The van der Waals surface area contributed by atoms with Crippen LogP contribution in [-0.4, -0.2) is 0 Å². The fraction of sp³-hybridized carbons (Fsp3) is 0.500. The number of hydrogen-bond donors (Lipinski definition) is 0. The molecule has 108 valence electrons. The summed E-state index contributed by atoms with van der Waals surface area (Å²) in [6, 6.07) is 8.06. The van der Waals surface area contributed by atoms with Crippen LogP contribution in [0.4, 0.5) is 0 Å². The second kappa shape index (κ2) is 6.25. The summed E-state index contributed by atoms with van der Waals surface area (Å²) in [5.74, 6) is 0.799. The van der Waals surface area contributed by atoms with E-state index in [0.717, 1.165) is 35.8 Å². The Morgan fingerprint density at radius 3 is 2.60 bits per heavy atom. The lowest BCUT2D eigenvalue weighted by Gasteiger charge is -2.22. The molecule has 0 aliphatic heterocycles. The fourth-order valence-corrected chi connectivity index (χ4v) is 2.83. The quantitative estimate of drug-likeness (QED) is 0.714. The lowest BCUT2D eigenvalue weighted by molar-refractivity contribution is 0.404. The van der Waals surface area contributed by atoms with Crippen LogP contribution >= 0.6 is 0 Å². The van der Waals surface area contributed by atoms with Gasteiger partial charge in [0.25, 0.3) is 0 Å². The van der Waals surface area contributed by atoms with E-state index in [1.165, 1.54) is 0 Å². The van der Waals surface area contributed by atoms with E-state index >= 15 is 0 Å². The Hall–Kier alpha value is -1.57. The number of rotatable bonds is 5. The first-order valence-electron chi connectivity index (χ1n) is 7.61. The maximum Gasteiger partial charge on any atom is 0.339 e. The summed E-state index contributed by atoms with van der Waals surface area (Å²) in [4.78, 5) is 12.3. The van der Waals surface area contributed by atoms with E-state index < -0.39 is 0 Å². The molecule has 0 fully saturated rings. The summed E-state index contributed by atoms with van der Waals surface area (Å²) in [7, 11) is 0. The molecule has 2 nitrogen and oxygen atoms in total. The van der Waals surface area contributed by atoms with Crippen LogP contribution in [0.5, 0.6) is 0 Å². The van der Waals surface area contributed by atoms with E-state index in [1.807, 2.05) is 25.1 Å². The maximum atomic E-state index is 12.3. The Morgan fingerprint density at radius 1 is 1.20 bits per heavy atom. The molecule has 0 spiro atoms. The Labute approximate surface area is 120 Å². The van der Waals surface area contributed by atoms with Crippen molar-refractivity contribution in [3.8, 4) is 0 Å². The van der Waals surface area contributed by atoms with Crippen LogP contribution in [0.2, 0.25) is 0 Å². The molecule has 2 rings (SSSR count). The highest BCUT2D eigenvalue weighted by Crippen LogP contribution is 2.31. The van der Waals surface area contributed by atoms with E-state index in [9.17, 15) is 4.79 Å². The molecule has 1 heterocycles. The number of benzene rings is 1. The molecule has 0 radical (unpaired) electrons.